The van der Waals surface area contributed by atoms with Crippen LogP contribution in [-0.2, 0) is 11.2 Å². The van der Waals surface area contributed by atoms with Gasteiger partial charge < -0.3 is 20.5 Å². The highest BCUT2D eigenvalue weighted by atomic mass is 35.5. The molecular formula is C20H27ClN2O3. The molecule has 0 heterocycles. The van der Waals surface area contributed by atoms with Gasteiger partial charge in [0.25, 0.3) is 0 Å². The second-order valence-corrected chi connectivity index (χ2v) is 6.08. The lowest BCUT2D eigenvalue weighted by Gasteiger charge is -2.17. The van der Waals surface area contributed by atoms with Crippen LogP contribution in [0.3, 0.4) is 0 Å². The molecule has 2 aromatic rings. The third-order valence-corrected chi connectivity index (χ3v) is 4.03. The molecule has 0 aliphatic rings. The maximum absolute atomic E-state index is 12.2. The van der Waals surface area contributed by atoms with Crippen LogP contribution >= 0.6 is 12.4 Å². The molecule has 2 unspecified atom stereocenters. The largest absolute Gasteiger partial charge is 0.493 e. The molecule has 0 fully saturated rings. The number of hydrogen-bond donors (Lipinski definition) is 2. The van der Waals surface area contributed by atoms with E-state index in [4.69, 9.17) is 15.2 Å². The van der Waals surface area contributed by atoms with Crippen molar-refractivity contribution < 1.29 is 14.3 Å². The summed E-state index contributed by atoms with van der Waals surface area (Å²) in [6, 6.07) is 15.1. The average molecular weight is 379 g/mol. The van der Waals surface area contributed by atoms with E-state index < -0.39 is 0 Å². The van der Waals surface area contributed by atoms with Crippen LogP contribution in [0.15, 0.2) is 48.5 Å². The van der Waals surface area contributed by atoms with Crippen molar-refractivity contribution >= 4 is 18.3 Å². The van der Waals surface area contributed by atoms with Gasteiger partial charge in [0.1, 0.15) is 0 Å². The van der Waals surface area contributed by atoms with Gasteiger partial charge in [0, 0.05) is 18.5 Å². The molecule has 2 rings (SSSR count). The Morgan fingerprint density at radius 2 is 1.73 bits per heavy atom. The predicted octanol–water partition coefficient (Wildman–Crippen LogP) is 3.26. The topological polar surface area (TPSA) is 73.6 Å². The van der Waals surface area contributed by atoms with E-state index in [9.17, 15) is 4.79 Å². The summed E-state index contributed by atoms with van der Waals surface area (Å²) in [5.41, 5.74) is 8.13. The second kappa shape index (κ2) is 10.7. The zero-order chi connectivity index (χ0) is 18.2. The Morgan fingerprint density at radius 3 is 2.35 bits per heavy atom. The quantitative estimate of drug-likeness (QED) is 0.739. The minimum absolute atomic E-state index is 0. The fourth-order valence-electron chi connectivity index (χ4n) is 2.76. The van der Waals surface area contributed by atoms with Gasteiger partial charge in [0.05, 0.1) is 14.2 Å². The number of benzene rings is 2. The number of amides is 1. The summed E-state index contributed by atoms with van der Waals surface area (Å²) in [7, 11) is 3.22. The number of carbonyl (C=O) groups is 1. The first-order valence-electron chi connectivity index (χ1n) is 8.34. The van der Waals surface area contributed by atoms with E-state index in [1.165, 1.54) is 0 Å². The van der Waals surface area contributed by atoms with E-state index in [-0.39, 0.29) is 36.8 Å². The first-order valence-corrected chi connectivity index (χ1v) is 8.34. The van der Waals surface area contributed by atoms with Crippen molar-refractivity contribution in [1.82, 2.24) is 5.32 Å². The number of nitrogens with two attached hydrogens (primary N) is 1. The van der Waals surface area contributed by atoms with Crippen molar-refractivity contribution in [3.63, 3.8) is 0 Å². The number of methoxy groups -OCH3 is 2. The fraction of sp³-hybridized carbons (Fsp3) is 0.350. The summed E-state index contributed by atoms with van der Waals surface area (Å²) in [5, 5.41) is 3.00. The van der Waals surface area contributed by atoms with E-state index >= 15 is 0 Å². The van der Waals surface area contributed by atoms with E-state index in [1.54, 1.807) is 14.2 Å². The van der Waals surface area contributed by atoms with Crippen LogP contribution in [0.25, 0.3) is 0 Å². The van der Waals surface area contributed by atoms with E-state index in [1.807, 2.05) is 55.5 Å². The van der Waals surface area contributed by atoms with Gasteiger partial charge in [-0.25, -0.2) is 0 Å². The summed E-state index contributed by atoms with van der Waals surface area (Å²) in [6.07, 6.45) is 0.965. The van der Waals surface area contributed by atoms with E-state index in [0.717, 1.165) is 11.1 Å². The van der Waals surface area contributed by atoms with Gasteiger partial charge in [-0.2, -0.15) is 0 Å². The number of nitrogens with one attached hydrogen (secondary N) is 1. The molecule has 3 N–H and O–H groups in total. The molecule has 5 nitrogen and oxygen atoms in total. The average Bonchev–Trinajstić information content (AvgIpc) is 2.62. The lowest BCUT2D eigenvalue weighted by molar-refractivity contribution is -0.122. The molecule has 0 aliphatic carbocycles. The fourth-order valence-corrected chi connectivity index (χ4v) is 2.76. The molecule has 2 aromatic carbocycles. The molecule has 2 atom stereocenters. The van der Waals surface area contributed by atoms with Gasteiger partial charge in [0.15, 0.2) is 11.5 Å². The highest BCUT2D eigenvalue weighted by Crippen LogP contribution is 2.28. The molecule has 6 heteroatoms. The van der Waals surface area contributed by atoms with Gasteiger partial charge in [-0.3, -0.25) is 4.79 Å². The van der Waals surface area contributed by atoms with Gasteiger partial charge in [-0.15, -0.1) is 12.4 Å². The molecule has 26 heavy (non-hydrogen) atoms. The maximum atomic E-state index is 12.2. The Bertz CT molecular complexity index is 695. The Labute approximate surface area is 161 Å². The summed E-state index contributed by atoms with van der Waals surface area (Å²) < 4.78 is 10.6. The number of ether oxygens (including phenoxy) is 2. The van der Waals surface area contributed by atoms with Crippen molar-refractivity contribution in [1.29, 1.82) is 0 Å². The Morgan fingerprint density at radius 1 is 1.08 bits per heavy atom. The smallest absolute Gasteiger partial charge is 0.222 e. The van der Waals surface area contributed by atoms with Crippen LogP contribution < -0.4 is 20.5 Å². The van der Waals surface area contributed by atoms with Crippen LogP contribution in [0.5, 0.6) is 11.5 Å². The summed E-state index contributed by atoms with van der Waals surface area (Å²) in [4.78, 5) is 12.2. The Kier molecular flexibility index (Phi) is 8.96. The van der Waals surface area contributed by atoms with Crippen LogP contribution in [0, 0.1) is 0 Å². The highest BCUT2D eigenvalue weighted by Gasteiger charge is 2.14. The van der Waals surface area contributed by atoms with E-state index in [0.29, 0.717) is 17.9 Å². The third kappa shape index (κ3) is 6.24. The molecule has 0 bridgehead atoms. The molecule has 0 saturated carbocycles. The Balaban J connectivity index is 0.00000338. The van der Waals surface area contributed by atoms with Crippen molar-refractivity contribution in [2.24, 2.45) is 5.73 Å². The number of hydrogen-bond acceptors (Lipinski definition) is 4. The molecule has 0 aromatic heterocycles. The molecule has 1 amide bonds. The monoisotopic (exact) mass is 378 g/mol. The third-order valence-electron chi connectivity index (χ3n) is 4.03. The van der Waals surface area contributed by atoms with Crippen LogP contribution in [0.2, 0.25) is 0 Å². The van der Waals surface area contributed by atoms with Gasteiger partial charge >= 0.3 is 0 Å². The number of halogens is 1. The lowest BCUT2D eigenvalue weighted by Crippen LogP contribution is -2.35. The zero-order valence-electron chi connectivity index (χ0n) is 15.4. The van der Waals surface area contributed by atoms with Crippen molar-refractivity contribution in [2.75, 3.05) is 14.2 Å². The minimum Gasteiger partial charge on any atom is -0.493 e. The lowest BCUT2D eigenvalue weighted by atomic mass is 10.0. The second-order valence-electron chi connectivity index (χ2n) is 6.08. The van der Waals surface area contributed by atoms with Crippen molar-refractivity contribution in [3.05, 3.63) is 59.7 Å². The van der Waals surface area contributed by atoms with Crippen LogP contribution in [0.1, 0.15) is 30.5 Å². The molecule has 0 aliphatic heterocycles. The first-order chi connectivity index (χ1) is 12.0. The molecule has 0 radical (unpaired) electrons. The van der Waals surface area contributed by atoms with Crippen molar-refractivity contribution in [3.8, 4) is 11.5 Å². The van der Waals surface area contributed by atoms with Gasteiger partial charge in [-0.05, 0) is 36.6 Å². The number of carbonyl (C=O) groups excluding carboxylic acids is 1. The molecule has 0 spiro atoms. The molecule has 0 saturated heterocycles. The first kappa shape index (κ1) is 21.8. The summed E-state index contributed by atoms with van der Waals surface area (Å²) in [6.45, 7) is 1.97. The van der Waals surface area contributed by atoms with Crippen LogP contribution in [0.4, 0.5) is 0 Å². The van der Waals surface area contributed by atoms with Gasteiger partial charge in [-0.1, -0.05) is 36.4 Å². The normalized spacial score (nSPS) is 12.5. The Hall–Kier alpha value is -2.24. The van der Waals surface area contributed by atoms with Crippen molar-refractivity contribution in [2.45, 2.75) is 31.8 Å². The molecule has 142 valence electrons. The standard InChI is InChI=1S/C20H26N2O3.ClH/c1-14(11-15-9-10-18(24-2)19(12-15)25-3)22-20(23)13-17(21)16-7-5-4-6-8-16;/h4-10,12,14,17H,11,13,21H2,1-3H3,(H,22,23);1H. The summed E-state index contributed by atoms with van der Waals surface area (Å²) >= 11 is 0. The maximum Gasteiger partial charge on any atom is 0.222 e. The summed E-state index contributed by atoms with van der Waals surface area (Å²) in [5.74, 6) is 1.32. The minimum atomic E-state index is -0.297. The SMILES string of the molecule is COc1ccc(CC(C)NC(=O)CC(N)c2ccccc2)cc1OC.Cl. The zero-order valence-corrected chi connectivity index (χ0v) is 16.2. The van der Waals surface area contributed by atoms with Crippen LogP contribution in [-0.4, -0.2) is 26.2 Å². The number of rotatable bonds is 8. The molecular weight excluding hydrogens is 352 g/mol. The van der Waals surface area contributed by atoms with E-state index in [2.05, 4.69) is 5.32 Å². The predicted molar refractivity (Wildman–Crippen MR) is 106 cm³/mol. The highest BCUT2D eigenvalue weighted by molar-refractivity contribution is 5.85. The van der Waals surface area contributed by atoms with Gasteiger partial charge in [0.2, 0.25) is 5.91 Å².